The van der Waals surface area contributed by atoms with E-state index in [0.29, 0.717) is 12.0 Å². The van der Waals surface area contributed by atoms with Crippen LogP contribution < -0.4 is 0 Å². The lowest BCUT2D eigenvalue weighted by atomic mass is 10.1. The van der Waals surface area contributed by atoms with Gasteiger partial charge in [0.25, 0.3) is 0 Å². The Morgan fingerprint density at radius 1 is 0.913 bits per heavy atom. The van der Waals surface area contributed by atoms with Crippen LogP contribution in [0.25, 0.3) is 0 Å². The quantitative estimate of drug-likeness (QED) is 0.364. The first-order valence-electron chi connectivity index (χ1n) is 8.84. The average Bonchev–Trinajstić information content (AvgIpc) is 2.54. The highest BCUT2D eigenvalue weighted by molar-refractivity contribution is 6.44. The summed E-state index contributed by atoms with van der Waals surface area (Å²) in [5.74, 6) is -0.945. The second-order valence-corrected chi connectivity index (χ2v) is 7.96. The van der Waals surface area contributed by atoms with Crippen molar-refractivity contribution in [3.63, 3.8) is 0 Å². The highest BCUT2D eigenvalue weighted by Crippen LogP contribution is 2.15. The Balaban J connectivity index is 2.15. The zero-order valence-corrected chi connectivity index (χ0v) is 15.6. The van der Waals surface area contributed by atoms with Crippen LogP contribution in [0.4, 0.5) is 8.78 Å². The fourth-order valence-electron chi connectivity index (χ4n) is 2.42. The van der Waals surface area contributed by atoms with Gasteiger partial charge in [0, 0.05) is 19.3 Å². The lowest BCUT2D eigenvalue weighted by molar-refractivity contribution is 0.195. The smallest absolute Gasteiger partial charge is 0.321 e. The fraction of sp³-hybridized carbons (Fsp3) is 0.667. The first-order chi connectivity index (χ1) is 11.2. The molecule has 0 aliphatic carbocycles. The topological polar surface area (TPSA) is 18.5 Å². The van der Waals surface area contributed by atoms with Crippen LogP contribution in [0.2, 0.25) is 6.04 Å². The summed E-state index contributed by atoms with van der Waals surface area (Å²) in [4.78, 5) is 0. The summed E-state index contributed by atoms with van der Waals surface area (Å²) >= 11 is 0. The summed E-state index contributed by atoms with van der Waals surface area (Å²) in [6.45, 7) is 5.81. The predicted octanol–water partition coefficient (Wildman–Crippen LogP) is 5.14. The maximum atomic E-state index is 13.5. The van der Waals surface area contributed by atoms with Crippen molar-refractivity contribution in [3.05, 3.63) is 35.4 Å². The molecule has 23 heavy (non-hydrogen) atoms. The van der Waals surface area contributed by atoms with Gasteiger partial charge >= 0.3 is 9.28 Å². The van der Waals surface area contributed by atoms with Gasteiger partial charge in [0.2, 0.25) is 0 Å². The van der Waals surface area contributed by atoms with Crippen molar-refractivity contribution in [1.82, 2.24) is 0 Å². The zero-order chi connectivity index (χ0) is 16.9. The van der Waals surface area contributed by atoms with Crippen LogP contribution in [0, 0.1) is 11.6 Å². The van der Waals surface area contributed by atoms with Gasteiger partial charge in [-0.3, -0.25) is 0 Å². The summed E-state index contributed by atoms with van der Waals surface area (Å²) in [7, 11) is -1.50. The molecule has 0 amide bonds. The minimum absolute atomic E-state index is 0.432. The van der Waals surface area contributed by atoms with Crippen LogP contribution >= 0.6 is 0 Å². The van der Waals surface area contributed by atoms with Crippen LogP contribution in [0.1, 0.15) is 57.9 Å². The van der Waals surface area contributed by atoms with Gasteiger partial charge in [-0.15, -0.1) is 0 Å². The maximum absolute atomic E-state index is 13.5. The summed E-state index contributed by atoms with van der Waals surface area (Å²) in [6, 6.07) is 4.88. The molecule has 0 N–H and O–H groups in total. The molecular formula is C18H30F2O2Si. The number of rotatable bonds is 13. The second kappa shape index (κ2) is 12.6. The van der Waals surface area contributed by atoms with Gasteiger partial charge in [0.05, 0.1) is 0 Å². The number of hydrogen-bond donors (Lipinski definition) is 0. The molecule has 0 unspecified atom stereocenters. The molecule has 0 spiro atoms. The van der Waals surface area contributed by atoms with Crippen LogP contribution in [-0.4, -0.2) is 22.5 Å². The lowest BCUT2D eigenvalue weighted by Crippen LogP contribution is -2.23. The van der Waals surface area contributed by atoms with Gasteiger partial charge in [-0.25, -0.2) is 8.78 Å². The van der Waals surface area contributed by atoms with E-state index in [2.05, 4.69) is 13.8 Å². The van der Waals surface area contributed by atoms with E-state index in [1.807, 2.05) is 0 Å². The van der Waals surface area contributed by atoms with Gasteiger partial charge in [0.1, 0.15) is 11.6 Å². The molecule has 0 fully saturated rings. The Kier molecular flexibility index (Phi) is 11.1. The number of aryl methyl sites for hydroxylation is 1. The zero-order valence-electron chi connectivity index (χ0n) is 14.5. The SMILES string of the molecule is CCCO[SiH](CCCCCCc1ccc(F)cc1F)OCCC. The summed E-state index contributed by atoms with van der Waals surface area (Å²) in [5, 5.41) is 0. The highest BCUT2D eigenvalue weighted by atomic mass is 28.3. The minimum Gasteiger partial charge on any atom is -0.397 e. The van der Waals surface area contributed by atoms with E-state index in [4.69, 9.17) is 8.85 Å². The number of benzene rings is 1. The number of hydrogen-bond acceptors (Lipinski definition) is 2. The summed E-state index contributed by atoms with van der Waals surface area (Å²) in [6.07, 6.45) is 6.93. The molecule has 0 aromatic heterocycles. The standard InChI is InChI=1S/C18H30F2O2Si/c1-3-12-21-23(22-13-4-2)14-8-6-5-7-9-16-10-11-17(19)15-18(16)20/h10-11,15,23H,3-9,12-14H2,1-2H3. The van der Waals surface area contributed by atoms with Crippen LogP contribution in [-0.2, 0) is 15.3 Å². The molecule has 0 heterocycles. The first-order valence-corrected chi connectivity index (χ1v) is 10.6. The van der Waals surface area contributed by atoms with E-state index in [0.717, 1.165) is 63.8 Å². The van der Waals surface area contributed by atoms with Gasteiger partial charge in [-0.05, 0) is 43.4 Å². The monoisotopic (exact) mass is 344 g/mol. The lowest BCUT2D eigenvalue weighted by Gasteiger charge is -2.16. The van der Waals surface area contributed by atoms with E-state index in [1.54, 1.807) is 6.07 Å². The van der Waals surface area contributed by atoms with Gasteiger partial charge in [-0.1, -0.05) is 39.2 Å². The third kappa shape index (κ3) is 9.18. The van der Waals surface area contributed by atoms with E-state index in [1.165, 1.54) is 6.07 Å². The van der Waals surface area contributed by atoms with Gasteiger partial charge in [-0.2, -0.15) is 0 Å². The maximum Gasteiger partial charge on any atom is 0.321 e. The van der Waals surface area contributed by atoms with E-state index in [-0.39, 0.29) is 0 Å². The minimum atomic E-state index is -1.50. The molecule has 1 rings (SSSR count). The Morgan fingerprint density at radius 3 is 2.17 bits per heavy atom. The third-order valence-electron chi connectivity index (χ3n) is 3.67. The van der Waals surface area contributed by atoms with Gasteiger partial charge in [0.15, 0.2) is 0 Å². The van der Waals surface area contributed by atoms with Gasteiger partial charge < -0.3 is 8.85 Å². The first kappa shape index (κ1) is 20.3. The van der Waals surface area contributed by atoms with Crippen molar-refractivity contribution in [1.29, 1.82) is 0 Å². The molecule has 0 saturated heterocycles. The fourth-order valence-corrected chi connectivity index (χ4v) is 4.47. The Morgan fingerprint density at radius 2 is 1.57 bits per heavy atom. The average molecular weight is 345 g/mol. The van der Waals surface area contributed by atoms with Crippen molar-refractivity contribution < 1.29 is 17.6 Å². The van der Waals surface area contributed by atoms with Crippen molar-refractivity contribution in [2.24, 2.45) is 0 Å². The molecule has 0 radical (unpaired) electrons. The van der Waals surface area contributed by atoms with Crippen LogP contribution in [0.15, 0.2) is 18.2 Å². The molecule has 0 bridgehead atoms. The Labute approximate surface area is 141 Å². The second-order valence-electron chi connectivity index (χ2n) is 5.86. The van der Waals surface area contributed by atoms with Crippen molar-refractivity contribution >= 4 is 9.28 Å². The molecule has 2 nitrogen and oxygen atoms in total. The summed E-state index contributed by atoms with van der Waals surface area (Å²) in [5.41, 5.74) is 0.608. The molecule has 0 aliphatic heterocycles. The third-order valence-corrected chi connectivity index (χ3v) is 5.76. The predicted molar refractivity (Wildman–Crippen MR) is 93.0 cm³/mol. The molecular weight excluding hydrogens is 314 g/mol. The number of unbranched alkanes of at least 4 members (excludes halogenated alkanes) is 3. The normalized spacial score (nSPS) is 11.3. The highest BCUT2D eigenvalue weighted by Gasteiger charge is 2.12. The number of halogens is 2. The van der Waals surface area contributed by atoms with E-state index >= 15 is 0 Å². The Hall–Kier alpha value is -0.783. The molecule has 0 aliphatic rings. The largest absolute Gasteiger partial charge is 0.397 e. The molecule has 1 aromatic carbocycles. The van der Waals surface area contributed by atoms with E-state index in [9.17, 15) is 8.78 Å². The van der Waals surface area contributed by atoms with Crippen molar-refractivity contribution in [2.75, 3.05) is 13.2 Å². The molecule has 0 atom stereocenters. The Bertz CT molecular complexity index is 421. The van der Waals surface area contributed by atoms with Crippen molar-refractivity contribution in [3.8, 4) is 0 Å². The van der Waals surface area contributed by atoms with Crippen molar-refractivity contribution in [2.45, 2.75) is 64.8 Å². The molecule has 5 heteroatoms. The van der Waals surface area contributed by atoms with E-state index < -0.39 is 20.9 Å². The van der Waals surface area contributed by atoms with Crippen LogP contribution in [0.3, 0.4) is 0 Å². The van der Waals surface area contributed by atoms with Crippen LogP contribution in [0.5, 0.6) is 0 Å². The molecule has 132 valence electrons. The summed E-state index contributed by atoms with van der Waals surface area (Å²) < 4.78 is 38.0. The molecule has 0 saturated carbocycles. The molecule has 1 aromatic rings.